The van der Waals surface area contributed by atoms with Crippen molar-refractivity contribution in [3.63, 3.8) is 0 Å². The van der Waals surface area contributed by atoms with E-state index in [0.717, 1.165) is 31.7 Å². The fourth-order valence-corrected chi connectivity index (χ4v) is 4.28. The van der Waals surface area contributed by atoms with Gasteiger partial charge in [-0.05, 0) is 24.7 Å². The van der Waals surface area contributed by atoms with E-state index in [9.17, 15) is 10.1 Å². The van der Waals surface area contributed by atoms with E-state index in [1.54, 1.807) is 18.3 Å². The maximum atomic E-state index is 11.6. The molecule has 2 heterocycles. The molecule has 0 N–H and O–H groups in total. The lowest BCUT2D eigenvalue weighted by Gasteiger charge is -2.32. The Labute approximate surface area is 196 Å². The van der Waals surface area contributed by atoms with E-state index in [2.05, 4.69) is 21.8 Å². The van der Waals surface area contributed by atoms with Gasteiger partial charge < -0.3 is 19.3 Å². The predicted molar refractivity (Wildman–Crippen MR) is 126 cm³/mol. The van der Waals surface area contributed by atoms with Crippen LogP contribution in [0.15, 0.2) is 64.5 Å². The molecule has 1 aliphatic rings. The van der Waals surface area contributed by atoms with Gasteiger partial charge in [0.2, 0.25) is 11.8 Å². The van der Waals surface area contributed by atoms with Crippen LogP contribution in [0, 0.1) is 10.1 Å². The van der Waals surface area contributed by atoms with Crippen LogP contribution in [0.25, 0.3) is 0 Å². The van der Waals surface area contributed by atoms with Crippen molar-refractivity contribution in [2.24, 2.45) is 0 Å². The lowest BCUT2D eigenvalue weighted by atomic mass is 10.2. The SMILES string of the molecule is COc1ccc(Sc2cnc(N3CCN(C)CC3)nc2OCc2ccccc2)c([N+](=O)[O-])c1. The molecule has 3 aromatic rings. The first-order chi connectivity index (χ1) is 16.0. The van der Waals surface area contributed by atoms with Gasteiger partial charge in [0, 0.05) is 26.2 Å². The molecule has 1 aromatic heterocycles. The minimum absolute atomic E-state index is 0.0449. The number of aromatic nitrogens is 2. The molecule has 0 saturated carbocycles. The van der Waals surface area contributed by atoms with Gasteiger partial charge in [-0.3, -0.25) is 10.1 Å². The maximum Gasteiger partial charge on any atom is 0.286 e. The average Bonchev–Trinajstić information content (AvgIpc) is 2.84. The molecule has 0 unspecified atom stereocenters. The van der Waals surface area contributed by atoms with E-state index in [-0.39, 0.29) is 5.69 Å². The Balaban J connectivity index is 1.64. The molecule has 0 bridgehead atoms. The number of nitrogens with zero attached hydrogens (tertiary/aromatic N) is 5. The predicted octanol–water partition coefficient (Wildman–Crippen LogP) is 3.88. The Morgan fingerprint density at radius 2 is 1.85 bits per heavy atom. The fourth-order valence-electron chi connectivity index (χ4n) is 3.38. The van der Waals surface area contributed by atoms with E-state index < -0.39 is 4.92 Å². The number of methoxy groups -OCH3 is 1. The highest BCUT2D eigenvalue weighted by Gasteiger charge is 2.22. The number of likely N-dealkylation sites (N-methyl/N-ethyl adjacent to an activating group) is 1. The van der Waals surface area contributed by atoms with Crippen LogP contribution in [-0.2, 0) is 6.61 Å². The van der Waals surface area contributed by atoms with Gasteiger partial charge in [0.25, 0.3) is 5.69 Å². The number of rotatable bonds is 8. The van der Waals surface area contributed by atoms with Crippen molar-refractivity contribution in [3.05, 3.63) is 70.4 Å². The van der Waals surface area contributed by atoms with Gasteiger partial charge in [-0.15, -0.1) is 0 Å². The number of anilines is 1. The van der Waals surface area contributed by atoms with Crippen molar-refractivity contribution in [2.75, 3.05) is 45.2 Å². The molecule has 0 radical (unpaired) electrons. The highest BCUT2D eigenvalue weighted by molar-refractivity contribution is 7.99. The van der Waals surface area contributed by atoms with Gasteiger partial charge in [-0.1, -0.05) is 42.1 Å². The van der Waals surface area contributed by atoms with Crippen molar-refractivity contribution in [1.29, 1.82) is 0 Å². The van der Waals surface area contributed by atoms with Gasteiger partial charge in [0.1, 0.15) is 12.4 Å². The Kier molecular flexibility index (Phi) is 7.26. The molecule has 4 rings (SSSR count). The van der Waals surface area contributed by atoms with Gasteiger partial charge in [-0.2, -0.15) is 4.98 Å². The highest BCUT2D eigenvalue weighted by atomic mass is 32.2. The number of piperazine rings is 1. The zero-order valence-electron chi connectivity index (χ0n) is 18.5. The van der Waals surface area contributed by atoms with Crippen LogP contribution >= 0.6 is 11.8 Å². The second-order valence-corrected chi connectivity index (χ2v) is 8.68. The Hall–Kier alpha value is -3.37. The van der Waals surface area contributed by atoms with E-state index in [1.165, 1.54) is 24.9 Å². The van der Waals surface area contributed by atoms with Crippen molar-refractivity contribution >= 4 is 23.4 Å². The third-order valence-electron chi connectivity index (χ3n) is 5.30. The molecule has 0 amide bonds. The van der Waals surface area contributed by atoms with Crippen molar-refractivity contribution in [2.45, 2.75) is 16.4 Å². The summed E-state index contributed by atoms with van der Waals surface area (Å²) < 4.78 is 11.2. The monoisotopic (exact) mass is 467 g/mol. The summed E-state index contributed by atoms with van der Waals surface area (Å²) in [5, 5.41) is 11.6. The summed E-state index contributed by atoms with van der Waals surface area (Å²) in [6.45, 7) is 3.84. The van der Waals surface area contributed by atoms with E-state index in [0.29, 0.717) is 34.0 Å². The smallest absolute Gasteiger partial charge is 0.286 e. The minimum Gasteiger partial charge on any atom is -0.497 e. The van der Waals surface area contributed by atoms with Gasteiger partial charge in [0.05, 0.1) is 34.1 Å². The molecule has 0 spiro atoms. The highest BCUT2D eigenvalue weighted by Crippen LogP contribution is 2.40. The third kappa shape index (κ3) is 5.71. The summed E-state index contributed by atoms with van der Waals surface area (Å²) in [6, 6.07) is 14.6. The lowest BCUT2D eigenvalue weighted by molar-refractivity contribution is -0.387. The molecule has 0 atom stereocenters. The number of benzene rings is 2. The minimum atomic E-state index is -0.422. The second-order valence-electron chi connectivity index (χ2n) is 7.60. The van der Waals surface area contributed by atoms with E-state index in [1.807, 2.05) is 30.3 Å². The van der Waals surface area contributed by atoms with Gasteiger partial charge in [0.15, 0.2) is 0 Å². The van der Waals surface area contributed by atoms with Crippen molar-refractivity contribution in [3.8, 4) is 11.6 Å². The third-order valence-corrected chi connectivity index (χ3v) is 6.36. The first kappa shape index (κ1) is 22.8. The average molecular weight is 468 g/mol. The first-order valence-electron chi connectivity index (χ1n) is 10.5. The summed E-state index contributed by atoms with van der Waals surface area (Å²) in [4.78, 5) is 25.9. The number of nitro groups is 1. The fraction of sp³-hybridized carbons (Fsp3) is 0.304. The summed E-state index contributed by atoms with van der Waals surface area (Å²) in [5.41, 5.74) is 0.958. The van der Waals surface area contributed by atoms with Crippen LogP contribution in [0.5, 0.6) is 11.6 Å². The largest absolute Gasteiger partial charge is 0.497 e. The van der Waals surface area contributed by atoms with Crippen LogP contribution in [0.1, 0.15) is 5.56 Å². The first-order valence-corrected chi connectivity index (χ1v) is 11.3. The van der Waals surface area contributed by atoms with Crippen LogP contribution in [0.3, 0.4) is 0 Å². The molecule has 10 heteroatoms. The normalized spacial score (nSPS) is 14.2. The molecule has 9 nitrogen and oxygen atoms in total. The number of nitro benzene ring substituents is 1. The van der Waals surface area contributed by atoms with Crippen molar-refractivity contribution in [1.82, 2.24) is 14.9 Å². The van der Waals surface area contributed by atoms with Gasteiger partial charge in [-0.25, -0.2) is 4.98 Å². The van der Waals surface area contributed by atoms with E-state index in [4.69, 9.17) is 14.5 Å². The lowest BCUT2D eigenvalue weighted by Crippen LogP contribution is -2.45. The Morgan fingerprint density at radius 1 is 1.09 bits per heavy atom. The zero-order valence-corrected chi connectivity index (χ0v) is 19.3. The molecular weight excluding hydrogens is 442 g/mol. The Bertz CT molecular complexity index is 1110. The maximum absolute atomic E-state index is 11.6. The summed E-state index contributed by atoms with van der Waals surface area (Å²) in [5.74, 6) is 1.42. The quantitative estimate of drug-likeness (QED) is 0.361. The van der Waals surface area contributed by atoms with Crippen LogP contribution in [0.2, 0.25) is 0 Å². The molecule has 1 fully saturated rings. The molecule has 1 aliphatic heterocycles. The number of hydrogen-bond acceptors (Lipinski definition) is 9. The topological polar surface area (TPSA) is 93.9 Å². The molecule has 33 heavy (non-hydrogen) atoms. The standard InChI is InChI=1S/C23H25N5O4S/c1-26-10-12-27(13-11-26)23-24-15-21(22(25-23)32-16-17-6-4-3-5-7-17)33-20-9-8-18(31-2)14-19(20)28(29)30/h3-9,14-15H,10-13,16H2,1-2H3. The van der Waals surface area contributed by atoms with Crippen LogP contribution in [0.4, 0.5) is 11.6 Å². The number of hydrogen-bond donors (Lipinski definition) is 0. The number of ether oxygens (including phenoxy) is 2. The molecule has 2 aromatic carbocycles. The summed E-state index contributed by atoms with van der Waals surface area (Å²) >= 11 is 1.21. The summed E-state index contributed by atoms with van der Waals surface area (Å²) in [6.07, 6.45) is 1.68. The molecule has 0 aliphatic carbocycles. The second kappa shape index (κ2) is 10.5. The van der Waals surface area contributed by atoms with Crippen LogP contribution < -0.4 is 14.4 Å². The Morgan fingerprint density at radius 3 is 2.55 bits per heavy atom. The molecule has 1 saturated heterocycles. The molecular formula is C23H25N5O4S. The van der Waals surface area contributed by atoms with E-state index >= 15 is 0 Å². The summed E-state index contributed by atoms with van der Waals surface area (Å²) in [7, 11) is 3.57. The molecule has 172 valence electrons. The zero-order chi connectivity index (χ0) is 23.2. The van der Waals surface area contributed by atoms with Gasteiger partial charge >= 0.3 is 0 Å². The van der Waals surface area contributed by atoms with Crippen molar-refractivity contribution < 1.29 is 14.4 Å². The van der Waals surface area contributed by atoms with Crippen LogP contribution in [-0.4, -0.2) is 60.1 Å².